The van der Waals surface area contributed by atoms with Gasteiger partial charge in [0.05, 0.1) is 7.11 Å². The van der Waals surface area contributed by atoms with Gasteiger partial charge in [0.15, 0.2) is 0 Å². The zero-order valence-corrected chi connectivity index (χ0v) is 12.4. The molecule has 0 aliphatic rings. The zero-order valence-electron chi connectivity index (χ0n) is 12.4. The van der Waals surface area contributed by atoms with E-state index in [0.717, 1.165) is 12.8 Å². The molecule has 0 saturated heterocycles. The van der Waals surface area contributed by atoms with Crippen molar-refractivity contribution in [2.24, 2.45) is 5.92 Å². The van der Waals surface area contributed by atoms with Gasteiger partial charge in [-0.2, -0.15) is 0 Å². The molecule has 0 bridgehead atoms. The number of nitrogens with one attached hydrogen (secondary N) is 1. The van der Waals surface area contributed by atoms with Crippen molar-refractivity contribution < 1.29 is 9.53 Å². The Morgan fingerprint density at radius 2 is 1.79 bits per heavy atom. The van der Waals surface area contributed by atoms with Gasteiger partial charge in [-0.3, -0.25) is 4.79 Å². The Bertz CT molecular complexity index is 384. The highest BCUT2D eigenvalue weighted by Gasteiger charge is 2.19. The highest BCUT2D eigenvalue weighted by Crippen LogP contribution is 2.09. The van der Waals surface area contributed by atoms with Crippen LogP contribution in [0.1, 0.15) is 38.3 Å². The van der Waals surface area contributed by atoms with Gasteiger partial charge in [0, 0.05) is 6.54 Å². The lowest BCUT2D eigenvalue weighted by Crippen LogP contribution is -2.38. The molecule has 3 nitrogen and oxygen atoms in total. The van der Waals surface area contributed by atoms with E-state index in [9.17, 15) is 4.79 Å². The third kappa shape index (κ3) is 5.43. The fraction of sp³-hybridized carbons (Fsp3) is 0.562. The van der Waals surface area contributed by atoms with Crippen LogP contribution in [-0.4, -0.2) is 19.1 Å². The molecule has 1 atom stereocenters. The summed E-state index contributed by atoms with van der Waals surface area (Å²) in [6, 6.07) is 8.25. The van der Waals surface area contributed by atoms with Crippen LogP contribution in [0.4, 0.5) is 0 Å². The van der Waals surface area contributed by atoms with Gasteiger partial charge in [0.25, 0.3) is 0 Å². The SMILES string of the molecule is CCc1ccc(CNC(CC(C)C)C(=O)OC)cc1. The first kappa shape index (κ1) is 15.7. The van der Waals surface area contributed by atoms with Crippen molar-refractivity contribution in [3.8, 4) is 0 Å². The highest BCUT2D eigenvalue weighted by atomic mass is 16.5. The van der Waals surface area contributed by atoms with E-state index < -0.39 is 0 Å². The summed E-state index contributed by atoms with van der Waals surface area (Å²) in [4.78, 5) is 11.7. The van der Waals surface area contributed by atoms with Crippen LogP contribution in [-0.2, 0) is 22.5 Å². The molecule has 0 radical (unpaired) electrons. The van der Waals surface area contributed by atoms with Crippen LogP contribution in [0.25, 0.3) is 0 Å². The number of carbonyl (C=O) groups is 1. The number of rotatable bonds is 7. The van der Waals surface area contributed by atoms with E-state index in [4.69, 9.17) is 4.74 Å². The van der Waals surface area contributed by atoms with Gasteiger partial charge in [-0.15, -0.1) is 0 Å². The molecular formula is C16H25NO2. The Hall–Kier alpha value is -1.35. The van der Waals surface area contributed by atoms with E-state index >= 15 is 0 Å². The van der Waals surface area contributed by atoms with Crippen LogP contribution in [0.2, 0.25) is 0 Å². The number of hydrogen-bond donors (Lipinski definition) is 1. The normalized spacial score (nSPS) is 12.5. The number of carbonyl (C=O) groups excluding carboxylic acids is 1. The first-order valence-corrected chi connectivity index (χ1v) is 6.95. The molecule has 0 aliphatic carbocycles. The number of hydrogen-bond acceptors (Lipinski definition) is 3. The molecule has 0 fully saturated rings. The van der Waals surface area contributed by atoms with Crippen molar-refractivity contribution in [3.63, 3.8) is 0 Å². The molecule has 0 heterocycles. The fourth-order valence-corrected chi connectivity index (χ4v) is 2.01. The minimum absolute atomic E-state index is 0.182. The van der Waals surface area contributed by atoms with Crippen LogP contribution in [0, 0.1) is 5.92 Å². The summed E-state index contributed by atoms with van der Waals surface area (Å²) in [7, 11) is 1.44. The lowest BCUT2D eigenvalue weighted by Gasteiger charge is -2.18. The average Bonchev–Trinajstić information content (AvgIpc) is 2.42. The van der Waals surface area contributed by atoms with E-state index in [1.165, 1.54) is 18.2 Å². The van der Waals surface area contributed by atoms with Crippen molar-refractivity contribution in [3.05, 3.63) is 35.4 Å². The topological polar surface area (TPSA) is 38.3 Å². The van der Waals surface area contributed by atoms with Gasteiger partial charge in [0.1, 0.15) is 6.04 Å². The van der Waals surface area contributed by atoms with Gasteiger partial charge in [0.2, 0.25) is 0 Å². The van der Waals surface area contributed by atoms with Crippen molar-refractivity contribution in [1.82, 2.24) is 5.32 Å². The standard InChI is InChI=1S/C16H25NO2/c1-5-13-6-8-14(9-7-13)11-17-15(10-12(2)3)16(18)19-4/h6-9,12,15,17H,5,10-11H2,1-4H3. The largest absolute Gasteiger partial charge is 0.468 e. The number of aryl methyl sites for hydroxylation is 1. The Kier molecular flexibility index (Phi) is 6.57. The summed E-state index contributed by atoms with van der Waals surface area (Å²) in [5.74, 6) is 0.276. The maximum Gasteiger partial charge on any atom is 0.322 e. The second-order valence-corrected chi connectivity index (χ2v) is 5.26. The first-order chi connectivity index (χ1) is 9.06. The van der Waals surface area contributed by atoms with Gasteiger partial charge < -0.3 is 10.1 Å². The summed E-state index contributed by atoms with van der Waals surface area (Å²) in [5, 5.41) is 3.28. The number of esters is 1. The summed E-state index contributed by atoms with van der Waals surface area (Å²) >= 11 is 0. The molecule has 1 aromatic rings. The Morgan fingerprint density at radius 1 is 1.21 bits per heavy atom. The summed E-state index contributed by atoms with van der Waals surface area (Å²) in [5.41, 5.74) is 2.52. The molecule has 0 spiro atoms. The molecule has 0 aliphatic heterocycles. The Labute approximate surface area is 116 Å². The molecule has 0 amide bonds. The first-order valence-electron chi connectivity index (χ1n) is 6.95. The minimum atomic E-state index is -0.226. The van der Waals surface area contributed by atoms with Gasteiger partial charge >= 0.3 is 5.97 Å². The van der Waals surface area contributed by atoms with Crippen molar-refractivity contribution >= 4 is 5.97 Å². The second kappa shape index (κ2) is 7.95. The third-order valence-electron chi connectivity index (χ3n) is 3.18. The third-order valence-corrected chi connectivity index (χ3v) is 3.18. The molecule has 1 aromatic carbocycles. The van der Waals surface area contributed by atoms with Crippen LogP contribution in [0.3, 0.4) is 0 Å². The fourth-order valence-electron chi connectivity index (χ4n) is 2.01. The van der Waals surface area contributed by atoms with Crippen LogP contribution in [0.15, 0.2) is 24.3 Å². The number of benzene rings is 1. The van der Waals surface area contributed by atoms with E-state index in [2.05, 4.69) is 50.4 Å². The van der Waals surface area contributed by atoms with Crippen LogP contribution in [0.5, 0.6) is 0 Å². The van der Waals surface area contributed by atoms with Gasteiger partial charge in [-0.05, 0) is 29.9 Å². The number of methoxy groups -OCH3 is 1. The maximum absolute atomic E-state index is 11.7. The molecular weight excluding hydrogens is 238 g/mol. The Morgan fingerprint density at radius 3 is 2.26 bits per heavy atom. The average molecular weight is 263 g/mol. The smallest absolute Gasteiger partial charge is 0.322 e. The lowest BCUT2D eigenvalue weighted by atomic mass is 10.0. The highest BCUT2D eigenvalue weighted by molar-refractivity contribution is 5.75. The molecule has 0 aromatic heterocycles. The zero-order chi connectivity index (χ0) is 14.3. The van der Waals surface area contributed by atoms with E-state index in [-0.39, 0.29) is 12.0 Å². The van der Waals surface area contributed by atoms with Crippen molar-refractivity contribution in [1.29, 1.82) is 0 Å². The van der Waals surface area contributed by atoms with Gasteiger partial charge in [-0.1, -0.05) is 45.0 Å². The molecule has 106 valence electrons. The predicted octanol–water partition coefficient (Wildman–Crippen LogP) is 2.93. The quantitative estimate of drug-likeness (QED) is 0.769. The predicted molar refractivity (Wildman–Crippen MR) is 77.9 cm³/mol. The second-order valence-electron chi connectivity index (χ2n) is 5.26. The van der Waals surface area contributed by atoms with Crippen molar-refractivity contribution in [2.75, 3.05) is 7.11 Å². The minimum Gasteiger partial charge on any atom is -0.468 e. The molecule has 3 heteroatoms. The number of ether oxygens (including phenoxy) is 1. The Balaban J connectivity index is 2.56. The molecule has 1 N–H and O–H groups in total. The van der Waals surface area contributed by atoms with Crippen molar-refractivity contribution in [2.45, 2.75) is 46.2 Å². The molecule has 19 heavy (non-hydrogen) atoms. The molecule has 1 unspecified atom stereocenters. The molecule has 0 saturated carbocycles. The molecule has 1 rings (SSSR count). The van der Waals surface area contributed by atoms with Crippen LogP contribution >= 0.6 is 0 Å². The summed E-state index contributed by atoms with van der Waals surface area (Å²) < 4.78 is 4.84. The van der Waals surface area contributed by atoms with E-state index in [1.807, 2.05) is 0 Å². The van der Waals surface area contributed by atoms with Gasteiger partial charge in [-0.25, -0.2) is 0 Å². The van der Waals surface area contributed by atoms with Crippen LogP contribution < -0.4 is 5.32 Å². The van der Waals surface area contributed by atoms with E-state index in [0.29, 0.717) is 12.5 Å². The summed E-state index contributed by atoms with van der Waals surface area (Å²) in [6.45, 7) is 7.04. The summed E-state index contributed by atoms with van der Waals surface area (Å²) in [6.07, 6.45) is 1.84. The lowest BCUT2D eigenvalue weighted by molar-refractivity contribution is -0.143. The van der Waals surface area contributed by atoms with E-state index in [1.54, 1.807) is 0 Å². The maximum atomic E-state index is 11.7. The monoisotopic (exact) mass is 263 g/mol.